The smallest absolute Gasteiger partial charge is 0.358 e. The van der Waals surface area contributed by atoms with Gasteiger partial charge in [-0.3, -0.25) is 0 Å². The first-order valence-electron chi connectivity index (χ1n) is 5.08. The quantitative estimate of drug-likeness (QED) is 0.609. The molecular formula is C10H13BrN2O2. The van der Waals surface area contributed by atoms with Crippen LogP contribution in [0.15, 0.2) is 6.20 Å². The average molecular weight is 273 g/mol. The third-order valence-corrected chi connectivity index (χ3v) is 3.17. The summed E-state index contributed by atoms with van der Waals surface area (Å²) >= 11 is 3.57. The van der Waals surface area contributed by atoms with Gasteiger partial charge >= 0.3 is 5.97 Å². The third kappa shape index (κ3) is 2.22. The van der Waals surface area contributed by atoms with Gasteiger partial charge in [0.05, 0.1) is 6.61 Å². The molecule has 2 rings (SSSR count). The van der Waals surface area contributed by atoms with Gasteiger partial charge in [0, 0.05) is 24.0 Å². The average Bonchev–Trinajstić information content (AvgIpc) is 2.60. The van der Waals surface area contributed by atoms with Gasteiger partial charge in [-0.2, -0.15) is 0 Å². The number of aryl methyl sites for hydroxylation is 1. The Balaban J connectivity index is 2.19. The van der Waals surface area contributed by atoms with Gasteiger partial charge in [0.15, 0.2) is 5.69 Å². The van der Waals surface area contributed by atoms with Crippen molar-refractivity contribution in [3.8, 4) is 0 Å². The molecule has 0 N–H and O–H groups in total. The van der Waals surface area contributed by atoms with Crippen LogP contribution in [0.25, 0.3) is 0 Å². The van der Waals surface area contributed by atoms with Crippen molar-refractivity contribution in [2.45, 2.75) is 31.1 Å². The molecule has 0 fully saturated rings. The highest BCUT2D eigenvalue weighted by Crippen LogP contribution is 2.20. The topological polar surface area (TPSA) is 44.1 Å². The Kier molecular flexibility index (Phi) is 3.09. The summed E-state index contributed by atoms with van der Waals surface area (Å²) in [6.07, 6.45) is 3.76. The van der Waals surface area contributed by atoms with Crippen molar-refractivity contribution in [1.29, 1.82) is 0 Å². The maximum Gasteiger partial charge on any atom is 0.358 e. The van der Waals surface area contributed by atoms with E-state index in [1.54, 1.807) is 13.1 Å². The number of hydrogen-bond acceptors (Lipinski definition) is 3. The number of imidazole rings is 1. The highest BCUT2D eigenvalue weighted by atomic mass is 79.9. The standard InChI is InChI=1S/C10H13BrN2O2/c1-2-15-10(14)8-6-13-5-7(11)3-4-9(13)12-8/h6-7H,2-5H2,1H3. The molecule has 15 heavy (non-hydrogen) atoms. The molecule has 0 bridgehead atoms. The van der Waals surface area contributed by atoms with Crippen molar-refractivity contribution in [1.82, 2.24) is 9.55 Å². The third-order valence-electron chi connectivity index (χ3n) is 2.42. The molecule has 0 spiro atoms. The molecule has 1 aromatic rings. The van der Waals surface area contributed by atoms with E-state index < -0.39 is 0 Å². The van der Waals surface area contributed by atoms with Crippen LogP contribution in [0.4, 0.5) is 0 Å². The van der Waals surface area contributed by atoms with Gasteiger partial charge in [-0.25, -0.2) is 9.78 Å². The molecule has 4 nitrogen and oxygen atoms in total. The number of rotatable bonds is 2. The lowest BCUT2D eigenvalue weighted by molar-refractivity contribution is 0.0520. The summed E-state index contributed by atoms with van der Waals surface area (Å²) in [6, 6.07) is 0. The lowest BCUT2D eigenvalue weighted by Crippen LogP contribution is -2.19. The van der Waals surface area contributed by atoms with Crippen LogP contribution in [0, 0.1) is 0 Å². The fraction of sp³-hybridized carbons (Fsp3) is 0.600. The van der Waals surface area contributed by atoms with E-state index in [4.69, 9.17) is 4.74 Å². The number of ether oxygens (including phenoxy) is 1. The highest BCUT2D eigenvalue weighted by Gasteiger charge is 2.20. The number of halogens is 1. The Morgan fingerprint density at radius 3 is 3.33 bits per heavy atom. The van der Waals surface area contributed by atoms with Crippen LogP contribution in [0.1, 0.15) is 29.7 Å². The highest BCUT2D eigenvalue weighted by molar-refractivity contribution is 9.09. The van der Waals surface area contributed by atoms with Crippen molar-refractivity contribution >= 4 is 21.9 Å². The number of hydrogen-bond donors (Lipinski definition) is 0. The number of carbonyl (C=O) groups is 1. The van der Waals surface area contributed by atoms with Crippen molar-refractivity contribution < 1.29 is 9.53 Å². The Morgan fingerprint density at radius 2 is 2.60 bits per heavy atom. The van der Waals surface area contributed by atoms with E-state index in [1.807, 2.05) is 4.57 Å². The molecule has 0 saturated carbocycles. The fourth-order valence-electron chi connectivity index (χ4n) is 1.71. The van der Waals surface area contributed by atoms with Crippen LogP contribution in [-0.4, -0.2) is 27.0 Å². The summed E-state index contributed by atoms with van der Waals surface area (Å²) in [5.41, 5.74) is 0.424. The van der Waals surface area contributed by atoms with E-state index in [1.165, 1.54) is 0 Å². The lowest BCUT2D eigenvalue weighted by Gasteiger charge is -2.17. The SMILES string of the molecule is CCOC(=O)c1cn2c(n1)CCC(Br)C2. The first-order chi connectivity index (χ1) is 7.20. The minimum absolute atomic E-state index is 0.328. The number of fused-ring (bicyclic) bond motifs is 1. The molecule has 0 radical (unpaired) electrons. The predicted molar refractivity (Wildman–Crippen MR) is 59.2 cm³/mol. The van der Waals surface area contributed by atoms with Crippen LogP contribution < -0.4 is 0 Å². The summed E-state index contributed by atoms with van der Waals surface area (Å²) in [5, 5.41) is 0. The van der Waals surface area contributed by atoms with Crippen molar-refractivity contribution in [3.63, 3.8) is 0 Å². The second-order valence-corrected chi connectivity index (χ2v) is 4.85. The predicted octanol–water partition coefficient (Wildman–Crippen LogP) is 1.77. The molecule has 0 saturated heterocycles. The monoisotopic (exact) mass is 272 g/mol. The molecular weight excluding hydrogens is 260 g/mol. The maximum absolute atomic E-state index is 11.4. The van der Waals surface area contributed by atoms with Gasteiger partial charge in [-0.1, -0.05) is 15.9 Å². The van der Waals surface area contributed by atoms with Gasteiger partial charge in [-0.05, 0) is 13.3 Å². The molecule has 1 aliphatic rings. The molecule has 0 aliphatic carbocycles. The Bertz CT molecular complexity index is 375. The van der Waals surface area contributed by atoms with Gasteiger partial charge in [0.25, 0.3) is 0 Å². The molecule has 1 atom stereocenters. The van der Waals surface area contributed by atoms with Gasteiger partial charge in [0.1, 0.15) is 5.82 Å². The number of aromatic nitrogens is 2. The Morgan fingerprint density at radius 1 is 1.80 bits per heavy atom. The molecule has 82 valence electrons. The van der Waals surface area contributed by atoms with E-state index in [2.05, 4.69) is 20.9 Å². The second kappa shape index (κ2) is 4.35. The van der Waals surface area contributed by atoms with Crippen molar-refractivity contribution in [2.24, 2.45) is 0 Å². The molecule has 2 heterocycles. The Labute approximate surface area is 96.8 Å². The van der Waals surface area contributed by atoms with E-state index in [0.717, 1.165) is 25.2 Å². The second-order valence-electron chi connectivity index (χ2n) is 3.55. The lowest BCUT2D eigenvalue weighted by atomic mass is 10.2. The zero-order chi connectivity index (χ0) is 10.8. The zero-order valence-corrected chi connectivity index (χ0v) is 10.2. The summed E-state index contributed by atoms with van der Waals surface area (Å²) in [5.74, 6) is 0.652. The van der Waals surface area contributed by atoms with E-state index in [0.29, 0.717) is 17.1 Å². The summed E-state index contributed by atoms with van der Waals surface area (Å²) < 4.78 is 6.93. The molecule has 1 unspecified atom stereocenters. The largest absolute Gasteiger partial charge is 0.461 e. The molecule has 1 aromatic heterocycles. The molecule has 0 aromatic carbocycles. The number of carbonyl (C=O) groups excluding carboxylic acids is 1. The van der Waals surface area contributed by atoms with Crippen molar-refractivity contribution in [3.05, 3.63) is 17.7 Å². The van der Waals surface area contributed by atoms with Gasteiger partial charge in [-0.15, -0.1) is 0 Å². The maximum atomic E-state index is 11.4. The van der Waals surface area contributed by atoms with Crippen LogP contribution in [0.2, 0.25) is 0 Å². The number of nitrogens with zero attached hydrogens (tertiary/aromatic N) is 2. The summed E-state index contributed by atoms with van der Waals surface area (Å²) in [6.45, 7) is 3.06. The first-order valence-corrected chi connectivity index (χ1v) is 5.99. The molecule has 5 heteroatoms. The summed E-state index contributed by atoms with van der Waals surface area (Å²) in [7, 11) is 0. The minimum atomic E-state index is -0.328. The number of alkyl halides is 1. The summed E-state index contributed by atoms with van der Waals surface area (Å²) in [4.78, 5) is 16.2. The molecule has 0 amide bonds. The fourth-order valence-corrected chi connectivity index (χ4v) is 2.25. The first kappa shape index (κ1) is 10.7. The minimum Gasteiger partial charge on any atom is -0.461 e. The van der Waals surface area contributed by atoms with E-state index in [-0.39, 0.29) is 5.97 Å². The van der Waals surface area contributed by atoms with Crippen LogP contribution in [0.3, 0.4) is 0 Å². The zero-order valence-electron chi connectivity index (χ0n) is 8.57. The normalized spacial score (nSPS) is 19.7. The van der Waals surface area contributed by atoms with E-state index >= 15 is 0 Å². The van der Waals surface area contributed by atoms with Crippen LogP contribution >= 0.6 is 15.9 Å². The van der Waals surface area contributed by atoms with Gasteiger partial charge < -0.3 is 9.30 Å². The van der Waals surface area contributed by atoms with E-state index in [9.17, 15) is 4.79 Å². The van der Waals surface area contributed by atoms with Crippen molar-refractivity contribution in [2.75, 3.05) is 6.61 Å². The number of esters is 1. The molecule has 1 aliphatic heterocycles. The Hall–Kier alpha value is -0.840. The van der Waals surface area contributed by atoms with Crippen LogP contribution in [-0.2, 0) is 17.7 Å². The van der Waals surface area contributed by atoms with Crippen LogP contribution in [0.5, 0.6) is 0 Å². The van der Waals surface area contributed by atoms with Gasteiger partial charge in [0.2, 0.25) is 0 Å².